The zero-order valence-corrected chi connectivity index (χ0v) is 10.4. The molecule has 0 saturated heterocycles. The molecular weight excluding hydrogens is 270 g/mol. The first kappa shape index (κ1) is 11.1. The third-order valence-electron chi connectivity index (χ3n) is 2.39. The van der Waals surface area contributed by atoms with Crippen LogP contribution < -0.4 is 4.74 Å². The summed E-state index contributed by atoms with van der Waals surface area (Å²) >= 11 is 3.43. The van der Waals surface area contributed by atoms with Gasteiger partial charge in [-0.1, -0.05) is 0 Å². The van der Waals surface area contributed by atoms with Crippen LogP contribution in [0.3, 0.4) is 0 Å². The first-order chi connectivity index (χ1) is 7.66. The molecule has 0 atom stereocenters. The Labute approximate surface area is 102 Å². The smallest absolute Gasteiger partial charge is 0.128 e. The van der Waals surface area contributed by atoms with Crippen LogP contribution in [-0.4, -0.2) is 9.67 Å². The van der Waals surface area contributed by atoms with Crippen LogP contribution >= 0.6 is 15.9 Å². The van der Waals surface area contributed by atoms with Crippen LogP contribution in [0.2, 0.25) is 0 Å². The van der Waals surface area contributed by atoms with Crippen LogP contribution in [0.15, 0.2) is 41.0 Å². The van der Waals surface area contributed by atoms with E-state index >= 15 is 0 Å². The highest BCUT2D eigenvalue weighted by Gasteiger charge is 2.02. The van der Waals surface area contributed by atoms with Crippen molar-refractivity contribution in [1.29, 1.82) is 0 Å². The predicted octanol–water partition coefficient (Wildman–Crippen LogP) is 3.07. The monoisotopic (exact) mass is 281 g/mol. The van der Waals surface area contributed by atoms with Gasteiger partial charge in [0.05, 0.1) is 10.3 Å². The molecule has 0 spiro atoms. The lowest BCUT2D eigenvalue weighted by Crippen LogP contribution is -2.01. The molecule has 0 fully saturated rings. The van der Waals surface area contributed by atoms with Crippen molar-refractivity contribution in [2.75, 3.05) is 0 Å². The van der Waals surface area contributed by atoms with Gasteiger partial charge in [-0.05, 0) is 52.3 Å². The topological polar surface area (TPSA) is 34.4 Å². The Morgan fingerprint density at radius 3 is 2.44 bits per heavy atom. The molecule has 4 heteroatoms. The van der Waals surface area contributed by atoms with Crippen LogP contribution in [0.1, 0.15) is 5.69 Å². The fraction of sp³-hybridized carbons (Fsp3) is 0.167. The number of aromatic nitrogens is 1. The first-order valence-electron chi connectivity index (χ1n) is 4.89. The van der Waals surface area contributed by atoms with E-state index in [1.165, 1.54) is 0 Å². The molecule has 0 aliphatic rings. The molecule has 16 heavy (non-hydrogen) atoms. The summed E-state index contributed by atoms with van der Waals surface area (Å²) in [5.41, 5.74) is 1.08. The van der Waals surface area contributed by atoms with Crippen molar-refractivity contribution in [3.8, 4) is 11.5 Å². The fourth-order valence-electron chi connectivity index (χ4n) is 1.37. The van der Waals surface area contributed by atoms with Crippen molar-refractivity contribution in [3.63, 3.8) is 0 Å². The van der Waals surface area contributed by atoms with Gasteiger partial charge in [0.15, 0.2) is 0 Å². The van der Waals surface area contributed by atoms with Gasteiger partial charge in [-0.25, -0.2) is 0 Å². The highest BCUT2D eigenvalue weighted by atomic mass is 79.9. The number of rotatable bonds is 3. The molecule has 0 aliphatic carbocycles. The fourth-order valence-corrected chi connectivity index (χ4v) is 1.73. The molecule has 3 nitrogen and oxygen atoms in total. The average molecular weight is 282 g/mol. The summed E-state index contributed by atoms with van der Waals surface area (Å²) in [4.78, 5) is 0. The lowest BCUT2D eigenvalue weighted by atomic mass is 10.3. The molecule has 1 aromatic carbocycles. The largest absolute Gasteiger partial charge is 0.508 e. The van der Waals surface area contributed by atoms with Crippen molar-refractivity contribution in [2.45, 2.75) is 6.61 Å². The summed E-state index contributed by atoms with van der Waals surface area (Å²) < 4.78 is 8.63. The quantitative estimate of drug-likeness (QED) is 0.938. The van der Waals surface area contributed by atoms with Crippen LogP contribution in [0.5, 0.6) is 11.5 Å². The maximum atomic E-state index is 9.12. The zero-order valence-electron chi connectivity index (χ0n) is 8.85. The lowest BCUT2D eigenvalue weighted by Gasteiger charge is -2.07. The highest BCUT2D eigenvalue weighted by Crippen LogP contribution is 2.19. The number of phenols is 1. The second kappa shape index (κ2) is 4.61. The second-order valence-corrected chi connectivity index (χ2v) is 4.30. The van der Waals surface area contributed by atoms with Gasteiger partial charge in [-0.2, -0.15) is 0 Å². The van der Waals surface area contributed by atoms with Gasteiger partial charge in [0, 0.05) is 7.05 Å². The number of hydrogen-bond donors (Lipinski definition) is 1. The van der Waals surface area contributed by atoms with Crippen LogP contribution in [0, 0.1) is 0 Å². The maximum Gasteiger partial charge on any atom is 0.128 e. The van der Waals surface area contributed by atoms with Crippen LogP contribution in [-0.2, 0) is 13.7 Å². The van der Waals surface area contributed by atoms with E-state index in [1.54, 1.807) is 24.3 Å². The molecule has 2 aromatic rings. The zero-order chi connectivity index (χ0) is 11.5. The maximum absolute atomic E-state index is 9.12. The van der Waals surface area contributed by atoms with Crippen molar-refractivity contribution < 1.29 is 9.84 Å². The van der Waals surface area contributed by atoms with Crippen molar-refractivity contribution in [1.82, 2.24) is 4.57 Å². The van der Waals surface area contributed by atoms with E-state index in [9.17, 15) is 0 Å². The number of phenolic OH excluding ortho intramolecular Hbond substituents is 1. The van der Waals surface area contributed by atoms with Gasteiger partial charge < -0.3 is 14.4 Å². The van der Waals surface area contributed by atoms with E-state index in [4.69, 9.17) is 9.84 Å². The van der Waals surface area contributed by atoms with E-state index < -0.39 is 0 Å². The number of nitrogens with zero attached hydrogens (tertiary/aromatic N) is 1. The molecule has 0 bridgehead atoms. The summed E-state index contributed by atoms with van der Waals surface area (Å²) in [5.74, 6) is 0.990. The molecular formula is C12H12BrNO2. The summed E-state index contributed by atoms with van der Waals surface area (Å²) in [5, 5.41) is 9.12. The molecule has 0 unspecified atom stereocenters. The number of halogens is 1. The number of benzene rings is 1. The van der Waals surface area contributed by atoms with Crippen molar-refractivity contribution in [2.24, 2.45) is 7.05 Å². The first-order valence-corrected chi connectivity index (χ1v) is 5.68. The van der Waals surface area contributed by atoms with E-state index in [-0.39, 0.29) is 5.75 Å². The molecule has 84 valence electrons. The molecule has 0 amide bonds. The number of aromatic hydroxyl groups is 1. The molecule has 0 radical (unpaired) electrons. The minimum atomic E-state index is 0.244. The minimum absolute atomic E-state index is 0.244. The van der Waals surface area contributed by atoms with Gasteiger partial charge in [0.2, 0.25) is 0 Å². The number of ether oxygens (including phenoxy) is 1. The van der Waals surface area contributed by atoms with E-state index in [2.05, 4.69) is 15.9 Å². The Kier molecular flexibility index (Phi) is 3.19. The summed E-state index contributed by atoms with van der Waals surface area (Å²) in [7, 11) is 1.97. The average Bonchev–Trinajstić information content (AvgIpc) is 2.60. The van der Waals surface area contributed by atoms with E-state index in [1.807, 2.05) is 23.7 Å². The summed E-state index contributed by atoms with van der Waals surface area (Å²) in [6.45, 7) is 0.507. The third-order valence-corrected chi connectivity index (χ3v) is 3.18. The highest BCUT2D eigenvalue weighted by molar-refractivity contribution is 9.10. The summed E-state index contributed by atoms with van der Waals surface area (Å²) in [6, 6.07) is 10.7. The molecule has 1 heterocycles. The van der Waals surface area contributed by atoms with Gasteiger partial charge in [0.1, 0.15) is 18.1 Å². The Balaban J connectivity index is 2.02. The summed E-state index contributed by atoms with van der Waals surface area (Å²) in [6.07, 6.45) is 0. The molecule has 1 N–H and O–H groups in total. The van der Waals surface area contributed by atoms with Gasteiger partial charge in [-0.15, -0.1) is 0 Å². The van der Waals surface area contributed by atoms with Gasteiger partial charge in [0.25, 0.3) is 0 Å². The van der Waals surface area contributed by atoms with Gasteiger partial charge >= 0.3 is 0 Å². The van der Waals surface area contributed by atoms with Crippen LogP contribution in [0.4, 0.5) is 0 Å². The van der Waals surface area contributed by atoms with E-state index in [0.717, 1.165) is 16.0 Å². The molecule has 2 rings (SSSR count). The van der Waals surface area contributed by atoms with Crippen LogP contribution in [0.25, 0.3) is 0 Å². The van der Waals surface area contributed by atoms with Crippen molar-refractivity contribution >= 4 is 15.9 Å². The predicted molar refractivity (Wildman–Crippen MR) is 65.6 cm³/mol. The standard InChI is InChI=1S/C12H12BrNO2/c1-14-9(2-7-12(14)13)8-16-11-5-3-10(15)4-6-11/h2-7,15H,8H2,1H3. The second-order valence-electron chi connectivity index (χ2n) is 3.49. The number of hydrogen-bond acceptors (Lipinski definition) is 2. The third kappa shape index (κ3) is 2.39. The molecule has 1 aromatic heterocycles. The Morgan fingerprint density at radius 2 is 1.88 bits per heavy atom. The minimum Gasteiger partial charge on any atom is -0.508 e. The van der Waals surface area contributed by atoms with E-state index in [0.29, 0.717) is 6.61 Å². The molecule has 0 aliphatic heterocycles. The normalized spacial score (nSPS) is 10.4. The lowest BCUT2D eigenvalue weighted by molar-refractivity contribution is 0.296. The molecule has 0 saturated carbocycles. The Bertz CT molecular complexity index is 476. The van der Waals surface area contributed by atoms with Crippen molar-refractivity contribution in [3.05, 3.63) is 46.7 Å². The SMILES string of the molecule is Cn1c(Br)ccc1COc1ccc(O)cc1. The Morgan fingerprint density at radius 1 is 1.19 bits per heavy atom. The Hall–Kier alpha value is -1.42. The van der Waals surface area contributed by atoms with Gasteiger partial charge in [-0.3, -0.25) is 0 Å².